The SMILES string of the molecule is CCCCCCCCCCCCCCCOC(=O)CCCCCCCCC(=O)OCC(C)CC. The van der Waals surface area contributed by atoms with Gasteiger partial charge in [-0.05, 0) is 25.2 Å². The summed E-state index contributed by atoms with van der Waals surface area (Å²) < 4.78 is 10.6. The maximum Gasteiger partial charge on any atom is 0.305 e. The van der Waals surface area contributed by atoms with E-state index < -0.39 is 0 Å². The van der Waals surface area contributed by atoms with Crippen molar-refractivity contribution in [2.24, 2.45) is 5.92 Å². The third-order valence-corrected chi connectivity index (χ3v) is 6.75. The van der Waals surface area contributed by atoms with Crippen molar-refractivity contribution >= 4 is 11.9 Å². The summed E-state index contributed by atoms with van der Waals surface area (Å²) in [4.78, 5) is 23.5. The molecule has 0 heterocycles. The Morgan fingerprint density at radius 1 is 0.529 bits per heavy atom. The van der Waals surface area contributed by atoms with Crippen molar-refractivity contribution in [2.75, 3.05) is 13.2 Å². The molecule has 0 saturated heterocycles. The molecular weight excluding hydrogens is 424 g/mol. The Bertz CT molecular complexity index is 449. The van der Waals surface area contributed by atoms with Crippen LogP contribution in [-0.4, -0.2) is 25.2 Å². The largest absolute Gasteiger partial charge is 0.466 e. The molecular formula is C30H58O4. The number of hydrogen-bond donors (Lipinski definition) is 0. The number of rotatable bonds is 26. The molecule has 202 valence electrons. The first-order chi connectivity index (χ1) is 16.6. The zero-order valence-electron chi connectivity index (χ0n) is 23.2. The van der Waals surface area contributed by atoms with E-state index in [-0.39, 0.29) is 11.9 Å². The van der Waals surface area contributed by atoms with Gasteiger partial charge in [-0.2, -0.15) is 0 Å². The molecule has 0 radical (unpaired) electrons. The lowest BCUT2D eigenvalue weighted by atomic mass is 10.0. The lowest BCUT2D eigenvalue weighted by Gasteiger charge is -2.09. The highest BCUT2D eigenvalue weighted by molar-refractivity contribution is 5.69. The third kappa shape index (κ3) is 25.6. The standard InChI is InChI=1S/C30H58O4/c1-4-6-7-8-9-10-11-12-13-14-17-20-23-26-33-29(31)24-21-18-15-16-19-22-25-30(32)34-27-28(3)5-2/h28H,4-27H2,1-3H3. The third-order valence-electron chi connectivity index (χ3n) is 6.75. The van der Waals surface area contributed by atoms with Gasteiger partial charge >= 0.3 is 11.9 Å². The Labute approximate surface area is 212 Å². The van der Waals surface area contributed by atoms with Crippen molar-refractivity contribution in [2.45, 2.75) is 162 Å². The average Bonchev–Trinajstić information content (AvgIpc) is 2.84. The Morgan fingerprint density at radius 2 is 0.912 bits per heavy atom. The lowest BCUT2D eigenvalue weighted by molar-refractivity contribution is -0.145. The maximum atomic E-state index is 11.8. The number of carbonyl (C=O) groups is 2. The molecule has 0 aliphatic rings. The molecule has 0 amide bonds. The van der Waals surface area contributed by atoms with Crippen LogP contribution in [0.25, 0.3) is 0 Å². The molecule has 4 nitrogen and oxygen atoms in total. The van der Waals surface area contributed by atoms with Crippen molar-refractivity contribution < 1.29 is 19.1 Å². The van der Waals surface area contributed by atoms with Gasteiger partial charge in [0.15, 0.2) is 0 Å². The second kappa shape index (κ2) is 26.5. The topological polar surface area (TPSA) is 52.6 Å². The van der Waals surface area contributed by atoms with Crippen molar-refractivity contribution in [3.8, 4) is 0 Å². The fraction of sp³-hybridized carbons (Fsp3) is 0.933. The van der Waals surface area contributed by atoms with E-state index in [0.29, 0.717) is 32.0 Å². The molecule has 0 rings (SSSR count). The van der Waals surface area contributed by atoms with E-state index in [4.69, 9.17) is 9.47 Å². The van der Waals surface area contributed by atoms with Crippen LogP contribution in [-0.2, 0) is 19.1 Å². The quantitative estimate of drug-likeness (QED) is 0.0910. The minimum Gasteiger partial charge on any atom is -0.466 e. The zero-order valence-corrected chi connectivity index (χ0v) is 23.2. The minimum absolute atomic E-state index is 0.0389. The summed E-state index contributed by atoms with van der Waals surface area (Å²) in [6, 6.07) is 0. The van der Waals surface area contributed by atoms with Gasteiger partial charge in [0.05, 0.1) is 13.2 Å². The maximum absolute atomic E-state index is 11.8. The highest BCUT2D eigenvalue weighted by Gasteiger charge is 2.06. The lowest BCUT2D eigenvalue weighted by Crippen LogP contribution is -2.11. The highest BCUT2D eigenvalue weighted by Crippen LogP contribution is 2.13. The van der Waals surface area contributed by atoms with Gasteiger partial charge in [-0.3, -0.25) is 9.59 Å². The summed E-state index contributed by atoms with van der Waals surface area (Å²) in [7, 11) is 0. The second-order valence-electron chi connectivity index (χ2n) is 10.3. The summed E-state index contributed by atoms with van der Waals surface area (Å²) in [5.41, 5.74) is 0. The van der Waals surface area contributed by atoms with Gasteiger partial charge < -0.3 is 9.47 Å². The van der Waals surface area contributed by atoms with Gasteiger partial charge in [-0.25, -0.2) is 0 Å². The Morgan fingerprint density at radius 3 is 1.35 bits per heavy atom. The van der Waals surface area contributed by atoms with Crippen molar-refractivity contribution in [1.82, 2.24) is 0 Å². The average molecular weight is 483 g/mol. The van der Waals surface area contributed by atoms with E-state index in [0.717, 1.165) is 51.4 Å². The Hall–Kier alpha value is -1.06. The molecule has 0 aromatic rings. The Balaban J connectivity index is 3.25. The van der Waals surface area contributed by atoms with Crippen molar-refractivity contribution in [3.63, 3.8) is 0 Å². The van der Waals surface area contributed by atoms with E-state index in [2.05, 4.69) is 20.8 Å². The van der Waals surface area contributed by atoms with Crippen LogP contribution < -0.4 is 0 Å². The van der Waals surface area contributed by atoms with Crippen LogP contribution in [0.4, 0.5) is 0 Å². The molecule has 0 N–H and O–H groups in total. The normalized spacial score (nSPS) is 12.0. The van der Waals surface area contributed by atoms with Gasteiger partial charge in [-0.1, -0.05) is 130 Å². The molecule has 0 aromatic carbocycles. The summed E-state index contributed by atoms with van der Waals surface area (Å²) in [6.45, 7) is 7.62. The predicted molar refractivity (Wildman–Crippen MR) is 144 cm³/mol. The molecule has 0 aliphatic carbocycles. The second-order valence-corrected chi connectivity index (χ2v) is 10.3. The van der Waals surface area contributed by atoms with E-state index in [1.165, 1.54) is 77.0 Å². The number of esters is 2. The van der Waals surface area contributed by atoms with Gasteiger partial charge in [0.1, 0.15) is 0 Å². The van der Waals surface area contributed by atoms with E-state index in [9.17, 15) is 9.59 Å². The zero-order chi connectivity index (χ0) is 25.1. The Kier molecular flexibility index (Phi) is 25.7. The van der Waals surface area contributed by atoms with Crippen LogP contribution in [0.3, 0.4) is 0 Å². The molecule has 0 bridgehead atoms. The predicted octanol–water partition coefficient (Wildman–Crippen LogP) is 9.33. The van der Waals surface area contributed by atoms with Crippen LogP contribution in [0, 0.1) is 5.92 Å². The highest BCUT2D eigenvalue weighted by atomic mass is 16.5. The molecule has 0 fully saturated rings. The van der Waals surface area contributed by atoms with Crippen LogP contribution in [0.5, 0.6) is 0 Å². The van der Waals surface area contributed by atoms with E-state index in [1.807, 2.05) is 0 Å². The van der Waals surface area contributed by atoms with Crippen LogP contribution >= 0.6 is 0 Å². The van der Waals surface area contributed by atoms with Gasteiger partial charge in [0.2, 0.25) is 0 Å². The summed E-state index contributed by atoms with van der Waals surface area (Å²) in [6.07, 6.45) is 25.6. The van der Waals surface area contributed by atoms with Crippen molar-refractivity contribution in [1.29, 1.82) is 0 Å². The smallest absolute Gasteiger partial charge is 0.305 e. The van der Waals surface area contributed by atoms with Gasteiger partial charge in [0, 0.05) is 12.8 Å². The molecule has 0 aromatic heterocycles. The first-order valence-electron chi connectivity index (χ1n) is 14.9. The fourth-order valence-corrected chi connectivity index (χ4v) is 4.05. The summed E-state index contributed by atoms with van der Waals surface area (Å²) >= 11 is 0. The molecule has 0 spiro atoms. The number of ether oxygens (including phenoxy) is 2. The number of carbonyl (C=O) groups excluding carboxylic acids is 2. The van der Waals surface area contributed by atoms with Crippen LogP contribution in [0.15, 0.2) is 0 Å². The molecule has 0 aliphatic heterocycles. The molecule has 1 unspecified atom stereocenters. The molecule has 0 saturated carbocycles. The number of hydrogen-bond acceptors (Lipinski definition) is 4. The molecule has 4 heteroatoms. The van der Waals surface area contributed by atoms with Crippen LogP contribution in [0.1, 0.15) is 162 Å². The van der Waals surface area contributed by atoms with E-state index in [1.54, 1.807) is 0 Å². The first-order valence-corrected chi connectivity index (χ1v) is 14.9. The number of unbranched alkanes of at least 4 members (excludes halogenated alkanes) is 17. The molecule has 1 atom stereocenters. The monoisotopic (exact) mass is 482 g/mol. The minimum atomic E-state index is -0.0634. The van der Waals surface area contributed by atoms with E-state index >= 15 is 0 Å². The van der Waals surface area contributed by atoms with Crippen LogP contribution in [0.2, 0.25) is 0 Å². The van der Waals surface area contributed by atoms with Crippen molar-refractivity contribution in [3.05, 3.63) is 0 Å². The fourth-order valence-electron chi connectivity index (χ4n) is 4.05. The molecule has 34 heavy (non-hydrogen) atoms. The van der Waals surface area contributed by atoms with Gasteiger partial charge in [0.25, 0.3) is 0 Å². The summed E-state index contributed by atoms with van der Waals surface area (Å²) in [5, 5.41) is 0. The summed E-state index contributed by atoms with van der Waals surface area (Å²) in [5.74, 6) is 0.347. The van der Waals surface area contributed by atoms with Gasteiger partial charge in [-0.15, -0.1) is 0 Å². The first kappa shape index (κ1) is 32.9.